The molecule has 2 unspecified atom stereocenters. The summed E-state index contributed by atoms with van der Waals surface area (Å²) in [7, 11) is 0. The number of carbonyl (C=O) groups is 1. The summed E-state index contributed by atoms with van der Waals surface area (Å²) in [6, 6.07) is 7.72. The van der Waals surface area contributed by atoms with Crippen LogP contribution in [0.1, 0.15) is 47.4 Å². The fourth-order valence-corrected chi connectivity index (χ4v) is 3.50. The van der Waals surface area contributed by atoms with Gasteiger partial charge < -0.3 is 14.4 Å². The van der Waals surface area contributed by atoms with Crippen LogP contribution in [0.3, 0.4) is 0 Å². The van der Waals surface area contributed by atoms with E-state index in [-0.39, 0.29) is 23.7 Å². The van der Waals surface area contributed by atoms with E-state index in [9.17, 15) is 9.18 Å². The number of nitrogens with one attached hydrogen (secondary N) is 1. The van der Waals surface area contributed by atoms with Crippen LogP contribution in [0.15, 0.2) is 41.1 Å². The first-order valence-electron chi connectivity index (χ1n) is 9.07. The van der Waals surface area contributed by atoms with Crippen LogP contribution in [0.25, 0.3) is 11.6 Å². The zero-order chi connectivity index (χ0) is 19.0. The molecule has 140 valence electrons. The van der Waals surface area contributed by atoms with Gasteiger partial charge in [0.25, 0.3) is 11.8 Å². The van der Waals surface area contributed by atoms with Crippen molar-refractivity contribution in [2.24, 2.45) is 0 Å². The summed E-state index contributed by atoms with van der Waals surface area (Å²) in [5.41, 5.74) is 2.36. The van der Waals surface area contributed by atoms with E-state index in [1.54, 1.807) is 0 Å². The molecule has 1 fully saturated rings. The number of nitrogens with zero attached hydrogens (tertiary/aromatic N) is 3. The Kier molecular flexibility index (Phi) is 4.51. The Balaban J connectivity index is 1.53. The van der Waals surface area contributed by atoms with E-state index in [4.69, 9.17) is 4.52 Å². The van der Waals surface area contributed by atoms with E-state index >= 15 is 0 Å². The third-order valence-corrected chi connectivity index (χ3v) is 5.10. The number of halogens is 1. The standard InChI is InChI=1S/C20H21FN4O2/c1-12-9-17(22-10-12)19-23-18(24-27-19)15-4-3-13(2)25(11-15)20(26)14-5-7-16(21)8-6-14/h5-10,13,15,22H,3-4,11H2,1-2H3. The molecule has 1 N–H and O–H groups in total. The molecule has 0 aliphatic carbocycles. The van der Waals surface area contributed by atoms with Crippen molar-refractivity contribution in [3.63, 3.8) is 0 Å². The molecule has 3 heterocycles. The first kappa shape index (κ1) is 17.5. The minimum absolute atomic E-state index is 0.0131. The number of aromatic amines is 1. The fraction of sp³-hybridized carbons (Fsp3) is 0.350. The Morgan fingerprint density at radius 3 is 2.78 bits per heavy atom. The number of piperidine rings is 1. The first-order valence-corrected chi connectivity index (χ1v) is 9.07. The van der Waals surface area contributed by atoms with Gasteiger partial charge in [0.05, 0.1) is 0 Å². The highest BCUT2D eigenvalue weighted by Crippen LogP contribution is 2.30. The summed E-state index contributed by atoms with van der Waals surface area (Å²) in [5, 5.41) is 4.13. The number of hydrogen-bond donors (Lipinski definition) is 1. The van der Waals surface area contributed by atoms with Gasteiger partial charge >= 0.3 is 0 Å². The highest BCUT2D eigenvalue weighted by Gasteiger charge is 2.32. The minimum Gasteiger partial charge on any atom is -0.357 e. The molecule has 6 nitrogen and oxygen atoms in total. The monoisotopic (exact) mass is 368 g/mol. The summed E-state index contributed by atoms with van der Waals surface area (Å²) < 4.78 is 18.5. The van der Waals surface area contributed by atoms with Crippen molar-refractivity contribution in [2.45, 2.75) is 38.6 Å². The molecule has 1 aliphatic rings. The van der Waals surface area contributed by atoms with Gasteiger partial charge in [0.2, 0.25) is 0 Å². The van der Waals surface area contributed by atoms with Gasteiger partial charge in [-0.1, -0.05) is 5.16 Å². The Morgan fingerprint density at radius 1 is 1.30 bits per heavy atom. The molecule has 7 heteroatoms. The molecule has 3 aromatic rings. The molecule has 1 aromatic carbocycles. The molecule has 1 saturated heterocycles. The molecule has 27 heavy (non-hydrogen) atoms. The highest BCUT2D eigenvalue weighted by atomic mass is 19.1. The fourth-order valence-electron chi connectivity index (χ4n) is 3.50. The van der Waals surface area contributed by atoms with Crippen LogP contribution in [-0.4, -0.2) is 38.5 Å². The second-order valence-corrected chi connectivity index (χ2v) is 7.14. The van der Waals surface area contributed by atoms with E-state index in [1.165, 1.54) is 24.3 Å². The van der Waals surface area contributed by atoms with Gasteiger partial charge in [-0.15, -0.1) is 0 Å². The van der Waals surface area contributed by atoms with Crippen molar-refractivity contribution >= 4 is 5.91 Å². The van der Waals surface area contributed by atoms with Gasteiger partial charge in [-0.05, 0) is 62.6 Å². The number of H-pyrrole nitrogens is 1. The van der Waals surface area contributed by atoms with Gasteiger partial charge in [-0.3, -0.25) is 4.79 Å². The molecule has 1 amide bonds. The van der Waals surface area contributed by atoms with E-state index in [0.29, 0.717) is 23.8 Å². The molecule has 4 rings (SSSR count). The van der Waals surface area contributed by atoms with Gasteiger partial charge in [0, 0.05) is 30.3 Å². The minimum atomic E-state index is -0.352. The molecule has 0 spiro atoms. The Bertz CT molecular complexity index is 947. The molecule has 0 saturated carbocycles. The van der Waals surface area contributed by atoms with E-state index in [1.807, 2.05) is 31.0 Å². The lowest BCUT2D eigenvalue weighted by Crippen LogP contribution is -2.45. The van der Waals surface area contributed by atoms with Crippen molar-refractivity contribution < 1.29 is 13.7 Å². The normalized spacial score (nSPS) is 20.0. The topological polar surface area (TPSA) is 75.0 Å². The first-order chi connectivity index (χ1) is 13.0. The summed E-state index contributed by atoms with van der Waals surface area (Å²) in [4.78, 5) is 22.3. The molecular formula is C20H21FN4O2. The molecule has 1 aliphatic heterocycles. The zero-order valence-electron chi connectivity index (χ0n) is 15.3. The summed E-state index contributed by atoms with van der Waals surface area (Å²) in [6.45, 7) is 4.53. The number of amides is 1. The number of carbonyl (C=O) groups excluding carboxylic acids is 1. The maximum atomic E-state index is 13.1. The maximum Gasteiger partial charge on any atom is 0.274 e. The average molecular weight is 368 g/mol. The molecule has 2 aromatic heterocycles. The predicted molar refractivity (Wildman–Crippen MR) is 97.7 cm³/mol. The third kappa shape index (κ3) is 3.49. The second-order valence-electron chi connectivity index (χ2n) is 7.14. The lowest BCUT2D eigenvalue weighted by molar-refractivity contribution is 0.0604. The van der Waals surface area contributed by atoms with Crippen molar-refractivity contribution in [3.8, 4) is 11.6 Å². The molecule has 2 atom stereocenters. The Labute approximate surface area is 156 Å². The lowest BCUT2D eigenvalue weighted by Gasteiger charge is -2.37. The van der Waals surface area contributed by atoms with Crippen LogP contribution in [-0.2, 0) is 0 Å². The summed E-state index contributed by atoms with van der Waals surface area (Å²) in [5.74, 6) is 0.624. The van der Waals surface area contributed by atoms with Crippen LogP contribution in [0.2, 0.25) is 0 Å². The molecular weight excluding hydrogens is 347 g/mol. The van der Waals surface area contributed by atoms with E-state index in [0.717, 1.165) is 24.1 Å². The number of aromatic nitrogens is 3. The number of benzene rings is 1. The zero-order valence-corrected chi connectivity index (χ0v) is 15.3. The van der Waals surface area contributed by atoms with Gasteiger partial charge in [-0.25, -0.2) is 4.39 Å². The maximum absolute atomic E-state index is 13.1. The van der Waals surface area contributed by atoms with Crippen LogP contribution in [0, 0.1) is 12.7 Å². The molecule has 0 radical (unpaired) electrons. The third-order valence-electron chi connectivity index (χ3n) is 5.10. The lowest BCUT2D eigenvalue weighted by atomic mass is 9.92. The van der Waals surface area contributed by atoms with Gasteiger partial charge in [0.1, 0.15) is 11.5 Å². The Morgan fingerprint density at radius 2 is 2.07 bits per heavy atom. The largest absolute Gasteiger partial charge is 0.357 e. The average Bonchev–Trinajstić information content (AvgIpc) is 3.31. The number of rotatable bonds is 3. The quantitative estimate of drug-likeness (QED) is 0.760. The number of hydrogen-bond acceptors (Lipinski definition) is 4. The van der Waals surface area contributed by atoms with Crippen molar-refractivity contribution in [1.82, 2.24) is 20.0 Å². The van der Waals surface area contributed by atoms with E-state index in [2.05, 4.69) is 15.1 Å². The number of likely N-dealkylation sites (tertiary alicyclic amines) is 1. The van der Waals surface area contributed by atoms with Gasteiger partial charge in [-0.2, -0.15) is 4.98 Å². The molecule has 0 bridgehead atoms. The predicted octanol–water partition coefficient (Wildman–Crippen LogP) is 3.92. The number of aryl methyl sites for hydroxylation is 1. The van der Waals surface area contributed by atoms with Crippen LogP contribution < -0.4 is 0 Å². The Hall–Kier alpha value is -2.96. The smallest absolute Gasteiger partial charge is 0.274 e. The van der Waals surface area contributed by atoms with Crippen molar-refractivity contribution in [1.29, 1.82) is 0 Å². The van der Waals surface area contributed by atoms with Crippen molar-refractivity contribution in [2.75, 3.05) is 6.54 Å². The highest BCUT2D eigenvalue weighted by molar-refractivity contribution is 5.94. The van der Waals surface area contributed by atoms with E-state index < -0.39 is 0 Å². The van der Waals surface area contributed by atoms with Crippen LogP contribution in [0.5, 0.6) is 0 Å². The van der Waals surface area contributed by atoms with Gasteiger partial charge in [0.15, 0.2) is 5.82 Å². The summed E-state index contributed by atoms with van der Waals surface area (Å²) >= 11 is 0. The summed E-state index contributed by atoms with van der Waals surface area (Å²) in [6.07, 6.45) is 3.62. The SMILES string of the molecule is Cc1c[nH]c(-c2nc(C3CCC(C)N(C(=O)c4ccc(F)cc4)C3)no2)c1. The second kappa shape index (κ2) is 6.98. The van der Waals surface area contributed by atoms with Crippen LogP contribution >= 0.6 is 0 Å². The van der Waals surface area contributed by atoms with Crippen molar-refractivity contribution in [3.05, 3.63) is 59.3 Å². The van der Waals surface area contributed by atoms with Crippen LogP contribution in [0.4, 0.5) is 4.39 Å².